The Hall–Kier alpha value is -2.97. The Morgan fingerprint density at radius 2 is 1.88 bits per heavy atom. The average Bonchev–Trinajstić information content (AvgIpc) is 3.01. The van der Waals surface area contributed by atoms with E-state index in [2.05, 4.69) is 10.6 Å². The van der Waals surface area contributed by atoms with Crippen LogP contribution in [0.1, 0.15) is 11.1 Å². The monoisotopic (exact) mass is 356 g/mol. The number of alkyl halides is 3. The van der Waals surface area contributed by atoms with Crippen molar-refractivity contribution in [3.8, 4) is 11.5 Å². The second-order valence-electron chi connectivity index (χ2n) is 5.16. The highest BCUT2D eigenvalue weighted by molar-refractivity contribution is 5.89. The van der Waals surface area contributed by atoms with Gasteiger partial charge in [-0.15, -0.1) is 0 Å². The van der Waals surface area contributed by atoms with Gasteiger partial charge in [0.2, 0.25) is 6.79 Å². The fraction of sp³-hybridized carbons (Fsp3) is 0.188. The fourth-order valence-electron chi connectivity index (χ4n) is 2.25. The zero-order valence-electron chi connectivity index (χ0n) is 12.6. The molecule has 0 unspecified atom stereocenters. The highest BCUT2D eigenvalue weighted by Gasteiger charge is 2.35. The minimum Gasteiger partial charge on any atom is -0.454 e. The van der Waals surface area contributed by atoms with Gasteiger partial charge in [-0.2, -0.15) is 13.2 Å². The minimum absolute atomic E-state index is 0.0725. The van der Waals surface area contributed by atoms with E-state index < -0.39 is 29.3 Å². The third-order valence-electron chi connectivity index (χ3n) is 3.44. The number of rotatable bonds is 3. The Morgan fingerprint density at radius 3 is 2.64 bits per heavy atom. The zero-order valence-corrected chi connectivity index (χ0v) is 12.6. The van der Waals surface area contributed by atoms with Crippen LogP contribution in [0.2, 0.25) is 0 Å². The van der Waals surface area contributed by atoms with Crippen molar-refractivity contribution in [3.05, 3.63) is 53.3 Å². The molecule has 2 amide bonds. The summed E-state index contributed by atoms with van der Waals surface area (Å²) in [4.78, 5) is 11.8. The Bertz CT molecular complexity index is 808. The molecule has 1 heterocycles. The van der Waals surface area contributed by atoms with Gasteiger partial charge in [-0.05, 0) is 29.8 Å². The summed E-state index contributed by atoms with van der Waals surface area (Å²) < 4.78 is 62.2. The van der Waals surface area contributed by atoms with Gasteiger partial charge in [-0.1, -0.05) is 12.1 Å². The summed E-state index contributed by atoms with van der Waals surface area (Å²) in [5.41, 5.74) is -1.32. The van der Waals surface area contributed by atoms with E-state index in [-0.39, 0.29) is 13.3 Å². The summed E-state index contributed by atoms with van der Waals surface area (Å²) in [5.74, 6) is -0.420. The van der Waals surface area contributed by atoms with Crippen LogP contribution in [-0.4, -0.2) is 12.8 Å². The van der Waals surface area contributed by atoms with Gasteiger partial charge in [0.15, 0.2) is 17.3 Å². The molecule has 9 heteroatoms. The zero-order chi connectivity index (χ0) is 18.0. The largest absolute Gasteiger partial charge is 0.454 e. The summed E-state index contributed by atoms with van der Waals surface area (Å²) in [6, 6.07) is 6.85. The maximum Gasteiger partial charge on any atom is 0.419 e. The van der Waals surface area contributed by atoms with Crippen molar-refractivity contribution in [2.45, 2.75) is 12.7 Å². The molecular formula is C16H12F4N2O3. The van der Waals surface area contributed by atoms with Crippen LogP contribution in [0.3, 0.4) is 0 Å². The lowest BCUT2D eigenvalue weighted by Crippen LogP contribution is -2.28. The van der Waals surface area contributed by atoms with E-state index in [1.807, 2.05) is 0 Å². The molecular weight excluding hydrogens is 344 g/mol. The predicted molar refractivity (Wildman–Crippen MR) is 79.8 cm³/mol. The van der Waals surface area contributed by atoms with Gasteiger partial charge in [-0.3, -0.25) is 0 Å². The fourth-order valence-corrected chi connectivity index (χ4v) is 2.25. The van der Waals surface area contributed by atoms with E-state index in [1.165, 1.54) is 0 Å². The highest BCUT2D eigenvalue weighted by atomic mass is 19.4. The van der Waals surface area contributed by atoms with Gasteiger partial charge < -0.3 is 20.1 Å². The normalized spacial score (nSPS) is 12.8. The first kappa shape index (κ1) is 16.9. The molecule has 0 bridgehead atoms. The molecule has 0 spiro atoms. The van der Waals surface area contributed by atoms with Crippen molar-refractivity contribution in [1.82, 2.24) is 5.32 Å². The first-order chi connectivity index (χ1) is 11.8. The van der Waals surface area contributed by atoms with Crippen molar-refractivity contribution >= 4 is 11.7 Å². The molecule has 0 aromatic heterocycles. The van der Waals surface area contributed by atoms with Crippen LogP contribution in [0.5, 0.6) is 11.5 Å². The van der Waals surface area contributed by atoms with E-state index in [0.717, 1.165) is 12.1 Å². The van der Waals surface area contributed by atoms with Crippen LogP contribution in [-0.2, 0) is 12.7 Å². The lowest BCUT2D eigenvalue weighted by atomic mass is 10.1. The van der Waals surface area contributed by atoms with Gasteiger partial charge in [0.25, 0.3) is 0 Å². The summed E-state index contributed by atoms with van der Waals surface area (Å²) in [6.07, 6.45) is -4.84. The summed E-state index contributed by atoms with van der Waals surface area (Å²) >= 11 is 0. The first-order valence-corrected chi connectivity index (χ1v) is 7.13. The number of benzene rings is 2. The molecule has 3 rings (SSSR count). The van der Waals surface area contributed by atoms with E-state index in [4.69, 9.17) is 9.47 Å². The molecule has 0 fully saturated rings. The van der Waals surface area contributed by atoms with Crippen LogP contribution in [0, 0.1) is 5.82 Å². The van der Waals surface area contributed by atoms with Crippen molar-refractivity contribution in [3.63, 3.8) is 0 Å². The number of ether oxygens (including phenoxy) is 2. The van der Waals surface area contributed by atoms with Gasteiger partial charge in [0.05, 0.1) is 11.3 Å². The SMILES string of the molecule is O=C(NCc1ccc2c(c1)OCO2)Nc1cccc(C(F)(F)F)c1F. The van der Waals surface area contributed by atoms with Crippen LogP contribution in [0.15, 0.2) is 36.4 Å². The molecule has 0 radical (unpaired) electrons. The van der Waals surface area contributed by atoms with Crippen LogP contribution < -0.4 is 20.1 Å². The number of carbonyl (C=O) groups excluding carboxylic acids is 1. The molecule has 132 valence electrons. The van der Waals surface area contributed by atoms with Crippen LogP contribution in [0.4, 0.5) is 28.0 Å². The van der Waals surface area contributed by atoms with Gasteiger partial charge >= 0.3 is 12.2 Å². The molecule has 25 heavy (non-hydrogen) atoms. The quantitative estimate of drug-likeness (QED) is 0.821. The van der Waals surface area contributed by atoms with Crippen LogP contribution >= 0.6 is 0 Å². The second-order valence-corrected chi connectivity index (χ2v) is 5.16. The third kappa shape index (κ3) is 3.76. The molecule has 0 saturated heterocycles. The highest BCUT2D eigenvalue weighted by Crippen LogP contribution is 2.34. The van der Waals surface area contributed by atoms with E-state index >= 15 is 0 Å². The number of fused-ring (bicyclic) bond motifs is 1. The van der Waals surface area contributed by atoms with E-state index in [1.54, 1.807) is 18.2 Å². The molecule has 1 aliphatic heterocycles. The van der Waals surface area contributed by atoms with Crippen molar-refractivity contribution in [2.24, 2.45) is 0 Å². The second kappa shape index (κ2) is 6.50. The lowest BCUT2D eigenvalue weighted by Gasteiger charge is -2.12. The number of nitrogens with one attached hydrogen (secondary N) is 2. The minimum atomic E-state index is -4.84. The smallest absolute Gasteiger partial charge is 0.419 e. The number of hydrogen-bond donors (Lipinski definition) is 2. The molecule has 2 aromatic rings. The van der Waals surface area contributed by atoms with Gasteiger partial charge in [0.1, 0.15) is 0 Å². The predicted octanol–water partition coefficient (Wildman–Crippen LogP) is 3.89. The molecule has 2 aromatic carbocycles. The maximum absolute atomic E-state index is 13.8. The molecule has 5 nitrogen and oxygen atoms in total. The van der Waals surface area contributed by atoms with E-state index in [9.17, 15) is 22.4 Å². The topological polar surface area (TPSA) is 59.6 Å². The van der Waals surface area contributed by atoms with Gasteiger partial charge in [-0.25, -0.2) is 9.18 Å². The Labute approximate surface area is 139 Å². The standard InChI is InChI=1S/C16H12F4N2O3/c17-14-10(16(18,19)20)2-1-3-11(14)22-15(23)21-7-9-4-5-12-13(6-9)25-8-24-12/h1-6H,7-8H2,(H2,21,22,23). The Morgan fingerprint density at radius 1 is 1.12 bits per heavy atom. The number of hydrogen-bond acceptors (Lipinski definition) is 3. The van der Waals surface area contributed by atoms with Gasteiger partial charge in [0, 0.05) is 6.54 Å². The molecule has 0 aliphatic carbocycles. The Kier molecular flexibility index (Phi) is 4.39. The van der Waals surface area contributed by atoms with Crippen molar-refractivity contribution < 1.29 is 31.8 Å². The lowest BCUT2D eigenvalue weighted by molar-refractivity contribution is -0.139. The van der Waals surface area contributed by atoms with E-state index in [0.29, 0.717) is 23.1 Å². The summed E-state index contributed by atoms with van der Waals surface area (Å²) in [6.45, 7) is 0.185. The third-order valence-corrected chi connectivity index (χ3v) is 3.44. The molecule has 1 aliphatic rings. The van der Waals surface area contributed by atoms with Crippen LogP contribution in [0.25, 0.3) is 0 Å². The first-order valence-electron chi connectivity index (χ1n) is 7.13. The van der Waals surface area contributed by atoms with Crippen molar-refractivity contribution in [1.29, 1.82) is 0 Å². The number of amides is 2. The number of anilines is 1. The molecule has 0 atom stereocenters. The summed E-state index contributed by atoms with van der Waals surface area (Å²) in [7, 11) is 0. The maximum atomic E-state index is 13.8. The average molecular weight is 356 g/mol. The number of urea groups is 1. The van der Waals surface area contributed by atoms with Crippen molar-refractivity contribution in [2.75, 3.05) is 12.1 Å². The number of halogens is 4. The summed E-state index contributed by atoms with van der Waals surface area (Å²) in [5, 5.41) is 4.49. The molecule has 2 N–H and O–H groups in total. The number of carbonyl (C=O) groups is 1. The Balaban J connectivity index is 1.63. The molecule has 0 saturated carbocycles.